The van der Waals surface area contributed by atoms with Crippen LogP contribution in [-0.4, -0.2) is 19.8 Å². The molecule has 0 aliphatic heterocycles. The third-order valence-electron chi connectivity index (χ3n) is 0.534. The predicted octanol–water partition coefficient (Wildman–Crippen LogP) is 0.237. The molecule has 0 aliphatic carbocycles. The Hall–Kier alpha value is -0.120. The fraction of sp³-hybridized carbons (Fsp3) is 1.00. The first-order chi connectivity index (χ1) is 3.41. The standard InChI is InChI=1S/C4H10NO2/c1-2-6-3-4-7-5/h5H,2-4H2,1H3. The van der Waals surface area contributed by atoms with E-state index < -0.39 is 0 Å². The van der Waals surface area contributed by atoms with Gasteiger partial charge in [0.1, 0.15) is 0 Å². The minimum absolute atomic E-state index is 0.369. The van der Waals surface area contributed by atoms with Crippen LogP contribution in [0.1, 0.15) is 6.92 Å². The summed E-state index contributed by atoms with van der Waals surface area (Å²) < 4.78 is 4.83. The van der Waals surface area contributed by atoms with E-state index in [0.717, 1.165) is 0 Å². The Morgan fingerprint density at radius 1 is 1.43 bits per heavy atom. The molecule has 0 aliphatic rings. The molecule has 0 atom stereocenters. The molecule has 3 nitrogen and oxygen atoms in total. The maximum Gasteiger partial charge on any atom is 0.0933 e. The Balaban J connectivity index is 2.45. The average Bonchev–Trinajstić information content (AvgIpc) is 1.69. The quantitative estimate of drug-likeness (QED) is 0.378. The van der Waals surface area contributed by atoms with Crippen molar-refractivity contribution in [3.63, 3.8) is 0 Å². The van der Waals surface area contributed by atoms with Gasteiger partial charge in [0.15, 0.2) is 0 Å². The summed E-state index contributed by atoms with van der Waals surface area (Å²) in [5.74, 6) is 6.20. The summed E-state index contributed by atoms with van der Waals surface area (Å²) in [5.41, 5.74) is 0. The zero-order chi connectivity index (χ0) is 5.54. The highest BCUT2D eigenvalue weighted by molar-refractivity contribution is 4.20. The Bertz CT molecular complexity index is 28.9. The molecule has 3 heteroatoms. The van der Waals surface area contributed by atoms with E-state index >= 15 is 0 Å². The van der Waals surface area contributed by atoms with E-state index in [9.17, 15) is 0 Å². The van der Waals surface area contributed by atoms with Gasteiger partial charge in [0.05, 0.1) is 13.2 Å². The summed E-state index contributed by atoms with van der Waals surface area (Å²) in [5, 5.41) is 0. The van der Waals surface area contributed by atoms with E-state index in [1.807, 2.05) is 6.92 Å². The predicted molar refractivity (Wildman–Crippen MR) is 25.5 cm³/mol. The molecule has 0 aromatic heterocycles. The fourth-order valence-corrected chi connectivity index (χ4v) is 0.245. The molecule has 0 aromatic rings. The first-order valence-corrected chi connectivity index (χ1v) is 2.28. The van der Waals surface area contributed by atoms with Gasteiger partial charge in [-0.25, -0.2) is 0 Å². The van der Waals surface area contributed by atoms with Crippen molar-refractivity contribution < 1.29 is 9.57 Å². The van der Waals surface area contributed by atoms with E-state index in [2.05, 4.69) is 4.84 Å². The van der Waals surface area contributed by atoms with Crippen molar-refractivity contribution in [2.45, 2.75) is 6.92 Å². The highest BCUT2D eigenvalue weighted by atomic mass is 16.6. The monoisotopic (exact) mass is 104 g/mol. The van der Waals surface area contributed by atoms with Crippen LogP contribution < -0.4 is 5.90 Å². The first kappa shape index (κ1) is 6.88. The van der Waals surface area contributed by atoms with Gasteiger partial charge in [-0.2, -0.15) is 0 Å². The largest absolute Gasteiger partial charge is 0.379 e. The third kappa shape index (κ3) is 5.88. The van der Waals surface area contributed by atoms with Crippen LogP contribution in [0, 0.1) is 0 Å². The fourth-order valence-electron chi connectivity index (χ4n) is 0.245. The van der Waals surface area contributed by atoms with Gasteiger partial charge in [-0.3, -0.25) is 4.84 Å². The lowest BCUT2D eigenvalue weighted by atomic mass is 10.7. The van der Waals surface area contributed by atoms with E-state index in [-0.39, 0.29) is 0 Å². The zero-order valence-corrected chi connectivity index (χ0v) is 4.44. The SMILES string of the molecule is CCOCCO[NH]. The van der Waals surface area contributed by atoms with E-state index in [1.165, 1.54) is 0 Å². The molecule has 0 aromatic carbocycles. The summed E-state index contributed by atoms with van der Waals surface area (Å²) >= 11 is 0. The second kappa shape index (κ2) is 5.88. The number of ether oxygens (including phenoxy) is 1. The maximum absolute atomic E-state index is 6.20. The maximum atomic E-state index is 6.20. The Morgan fingerprint density at radius 2 is 2.14 bits per heavy atom. The van der Waals surface area contributed by atoms with Gasteiger partial charge in [-0.15, -0.1) is 5.90 Å². The van der Waals surface area contributed by atoms with Crippen LogP contribution in [0.15, 0.2) is 0 Å². The normalized spacial score (nSPS) is 9.43. The summed E-state index contributed by atoms with van der Waals surface area (Å²) in [7, 11) is 0. The lowest BCUT2D eigenvalue weighted by molar-refractivity contribution is 0.0433. The first-order valence-electron chi connectivity index (χ1n) is 2.28. The molecule has 1 N–H and O–H groups in total. The minimum atomic E-state index is 0.369. The summed E-state index contributed by atoms with van der Waals surface area (Å²) in [6.45, 7) is 3.50. The number of rotatable bonds is 4. The van der Waals surface area contributed by atoms with Crippen molar-refractivity contribution in [2.75, 3.05) is 19.8 Å². The molecule has 1 radical (unpaired) electrons. The van der Waals surface area contributed by atoms with E-state index in [0.29, 0.717) is 19.8 Å². The van der Waals surface area contributed by atoms with Crippen LogP contribution in [0.5, 0.6) is 0 Å². The topological polar surface area (TPSA) is 42.3 Å². The molecule has 0 rings (SSSR count). The van der Waals surface area contributed by atoms with Crippen LogP contribution in [0.25, 0.3) is 0 Å². The highest BCUT2D eigenvalue weighted by Gasteiger charge is 1.79. The van der Waals surface area contributed by atoms with Crippen LogP contribution in [0.4, 0.5) is 0 Å². The third-order valence-corrected chi connectivity index (χ3v) is 0.534. The Labute approximate surface area is 43.4 Å². The van der Waals surface area contributed by atoms with Gasteiger partial charge in [0.2, 0.25) is 0 Å². The number of hydrogen-bond donors (Lipinski definition) is 0. The molecular weight excluding hydrogens is 94.0 g/mol. The van der Waals surface area contributed by atoms with Crippen molar-refractivity contribution in [3.05, 3.63) is 0 Å². The van der Waals surface area contributed by atoms with Crippen LogP contribution >= 0.6 is 0 Å². The smallest absolute Gasteiger partial charge is 0.0933 e. The highest BCUT2D eigenvalue weighted by Crippen LogP contribution is 1.70. The zero-order valence-electron chi connectivity index (χ0n) is 4.44. The van der Waals surface area contributed by atoms with Gasteiger partial charge < -0.3 is 4.74 Å². The molecule has 0 fully saturated rings. The van der Waals surface area contributed by atoms with E-state index in [4.69, 9.17) is 10.6 Å². The summed E-state index contributed by atoms with van der Waals surface area (Å²) in [6, 6.07) is 0. The number of hydrogen-bond acceptors (Lipinski definition) is 2. The molecule has 7 heavy (non-hydrogen) atoms. The Kier molecular flexibility index (Phi) is 5.78. The molecule has 0 spiro atoms. The van der Waals surface area contributed by atoms with Gasteiger partial charge >= 0.3 is 0 Å². The van der Waals surface area contributed by atoms with Crippen molar-refractivity contribution in [1.82, 2.24) is 5.90 Å². The molecule has 0 saturated carbocycles. The molecule has 43 valence electrons. The van der Waals surface area contributed by atoms with Crippen LogP contribution in [0.3, 0.4) is 0 Å². The summed E-state index contributed by atoms with van der Waals surface area (Å²) in [4.78, 5) is 3.97. The molecular formula is C4H10NO2. The van der Waals surface area contributed by atoms with Crippen molar-refractivity contribution in [2.24, 2.45) is 0 Å². The minimum Gasteiger partial charge on any atom is -0.379 e. The van der Waals surface area contributed by atoms with Gasteiger partial charge in [0, 0.05) is 6.61 Å². The Morgan fingerprint density at radius 3 is 2.57 bits per heavy atom. The molecule has 0 heterocycles. The van der Waals surface area contributed by atoms with Gasteiger partial charge in [-0.1, -0.05) is 0 Å². The molecule has 0 saturated heterocycles. The summed E-state index contributed by atoms with van der Waals surface area (Å²) in [6.07, 6.45) is 0. The second-order valence-electron chi connectivity index (χ2n) is 1.05. The van der Waals surface area contributed by atoms with E-state index in [1.54, 1.807) is 0 Å². The van der Waals surface area contributed by atoms with Gasteiger partial charge in [-0.05, 0) is 6.92 Å². The van der Waals surface area contributed by atoms with Crippen molar-refractivity contribution >= 4 is 0 Å². The van der Waals surface area contributed by atoms with Gasteiger partial charge in [0.25, 0.3) is 0 Å². The molecule has 0 amide bonds. The van der Waals surface area contributed by atoms with Crippen LogP contribution in [-0.2, 0) is 9.57 Å². The second-order valence-corrected chi connectivity index (χ2v) is 1.05. The van der Waals surface area contributed by atoms with Crippen molar-refractivity contribution in [1.29, 1.82) is 0 Å². The molecule has 0 unspecified atom stereocenters. The lowest BCUT2D eigenvalue weighted by Crippen LogP contribution is -2.01. The van der Waals surface area contributed by atoms with Crippen LogP contribution in [0.2, 0.25) is 0 Å². The number of nitrogens with one attached hydrogen (secondary N) is 1. The lowest BCUT2D eigenvalue weighted by Gasteiger charge is -1.94. The average molecular weight is 104 g/mol. The van der Waals surface area contributed by atoms with Crippen molar-refractivity contribution in [3.8, 4) is 0 Å². The molecule has 0 bridgehead atoms.